The van der Waals surface area contributed by atoms with E-state index in [0.717, 1.165) is 38.5 Å². The average molecular weight is 654 g/mol. The summed E-state index contributed by atoms with van der Waals surface area (Å²) in [7, 11) is 0. The Morgan fingerprint density at radius 2 is 1.74 bits per heavy atom. The number of hydrogen-bond acceptors (Lipinski definition) is 5. The van der Waals surface area contributed by atoms with Gasteiger partial charge in [0.1, 0.15) is 0 Å². The third kappa shape index (κ3) is 5.21. The molecule has 4 aliphatic carbocycles. The number of carboxylic acids is 1. The summed E-state index contributed by atoms with van der Waals surface area (Å²) in [6.07, 6.45) is 10.9. The number of fused-ring (bicyclic) bond motifs is 5. The van der Waals surface area contributed by atoms with Crippen LogP contribution in [0.3, 0.4) is 0 Å². The van der Waals surface area contributed by atoms with Crippen LogP contribution in [0, 0.1) is 62.6 Å². The van der Waals surface area contributed by atoms with Crippen LogP contribution in [0.15, 0.2) is 30.1 Å². The van der Waals surface area contributed by atoms with Crippen molar-refractivity contribution >= 4 is 5.97 Å². The number of aliphatic hydroxyl groups is 1. The number of aliphatic carboxylic acids is 1. The fraction of sp³-hybridized carbons (Fsp3) is 0.850. The highest BCUT2D eigenvalue weighted by Crippen LogP contribution is 2.75. The molecule has 47 heavy (non-hydrogen) atoms. The largest absolute Gasteiger partial charge is 0.481 e. The van der Waals surface area contributed by atoms with Crippen LogP contribution >= 0.6 is 0 Å². The van der Waals surface area contributed by atoms with Gasteiger partial charge in [-0.25, -0.2) is 0 Å². The van der Waals surface area contributed by atoms with Gasteiger partial charge in [-0.05, 0) is 110 Å². The molecule has 3 fully saturated rings. The number of nitrogens with zero attached hydrogens (tertiary/aromatic N) is 2. The van der Waals surface area contributed by atoms with Crippen molar-refractivity contribution in [2.45, 2.75) is 145 Å². The lowest BCUT2D eigenvalue weighted by atomic mass is 9.34. The van der Waals surface area contributed by atoms with Gasteiger partial charge in [0.2, 0.25) is 0 Å². The van der Waals surface area contributed by atoms with Crippen molar-refractivity contribution in [2.24, 2.45) is 68.3 Å². The zero-order valence-corrected chi connectivity index (χ0v) is 31.6. The van der Waals surface area contributed by atoms with Gasteiger partial charge in [0, 0.05) is 23.3 Å². The van der Waals surface area contributed by atoms with Crippen molar-refractivity contribution in [3.8, 4) is 0 Å². The maximum absolute atomic E-state index is 13.4. The second kappa shape index (κ2) is 12.0. The summed E-state index contributed by atoms with van der Waals surface area (Å²) in [6.45, 7) is 27.2. The molecule has 0 aliphatic heterocycles. The van der Waals surface area contributed by atoms with Crippen molar-refractivity contribution < 1.29 is 19.7 Å². The minimum atomic E-state index is -0.643. The number of aromatic nitrogens is 2. The molecule has 0 aromatic carbocycles. The monoisotopic (exact) mass is 654 g/mol. The van der Waals surface area contributed by atoms with E-state index in [1.54, 1.807) is 0 Å². The quantitative estimate of drug-likeness (QED) is 0.232. The summed E-state index contributed by atoms with van der Waals surface area (Å²) >= 11 is 0. The number of hydrogen-bond donors (Lipinski definition) is 3. The number of nitrogens with two attached hydrogens (primary N) is 1. The van der Waals surface area contributed by atoms with Crippen molar-refractivity contribution in [3.05, 3.63) is 30.1 Å². The minimum Gasteiger partial charge on any atom is -0.481 e. The van der Waals surface area contributed by atoms with Crippen LogP contribution in [0.5, 0.6) is 0 Å². The Morgan fingerprint density at radius 3 is 2.28 bits per heavy atom. The molecule has 7 nitrogen and oxygen atoms in total. The molecule has 0 saturated heterocycles. The number of aliphatic hydroxyl groups excluding tert-OH is 1. The number of ether oxygens (including phenoxy) is 1. The normalized spacial score (nSPS) is 42.5. The first-order chi connectivity index (χ1) is 21.6. The Kier molecular flexibility index (Phi) is 9.32. The van der Waals surface area contributed by atoms with E-state index in [-0.39, 0.29) is 46.1 Å². The smallest absolute Gasteiger partial charge is 0.307 e. The Bertz CT molecular complexity index is 1330. The lowest BCUT2D eigenvalue weighted by Crippen LogP contribution is -2.67. The lowest BCUT2D eigenvalue weighted by Gasteiger charge is -2.70. The average Bonchev–Trinajstić information content (AvgIpc) is 3.51. The molecular weight excluding hydrogens is 586 g/mol. The Hall–Kier alpha value is -1.70. The summed E-state index contributed by atoms with van der Waals surface area (Å²) in [5.41, 5.74) is 6.05. The molecule has 3 saturated carbocycles. The van der Waals surface area contributed by atoms with Gasteiger partial charge >= 0.3 is 5.97 Å². The fourth-order valence-electron chi connectivity index (χ4n) is 12.0. The molecule has 12 atom stereocenters. The molecule has 0 amide bonds. The molecular formula is C40H67N3O4. The van der Waals surface area contributed by atoms with Gasteiger partial charge in [0.25, 0.3) is 0 Å². The lowest BCUT2D eigenvalue weighted by molar-refractivity contribution is -0.216. The van der Waals surface area contributed by atoms with E-state index in [2.05, 4.69) is 86.9 Å². The molecule has 1 aromatic rings. The highest BCUT2D eigenvalue weighted by atomic mass is 16.5. The Balaban J connectivity index is 1.63. The molecule has 1 aromatic heterocycles. The van der Waals surface area contributed by atoms with E-state index in [4.69, 9.17) is 15.6 Å². The summed E-state index contributed by atoms with van der Waals surface area (Å²) in [5.74, 6) is 0.301. The van der Waals surface area contributed by atoms with E-state index in [9.17, 15) is 15.0 Å². The SMILES string of the molecule is CC(C)[C@@H](C)[C@@]1(C)CC[C@]2(C)[C@H]3CC[C@H]4C(C)(C)[C@@H](OC[C@](C)(N)C(C)C)[C@H](n5cccn5)C[C@]4([C@H](C)O)C3=CC[C@@]2(C)[C@@H]1C(=O)O. The maximum atomic E-state index is 13.4. The first kappa shape index (κ1) is 36.6. The molecule has 7 heteroatoms. The Labute approximate surface area is 285 Å². The highest BCUT2D eigenvalue weighted by molar-refractivity contribution is 5.73. The minimum absolute atomic E-state index is 0.0807. The van der Waals surface area contributed by atoms with Crippen LogP contribution < -0.4 is 5.73 Å². The number of carbonyl (C=O) groups is 1. The third-order valence-electron chi connectivity index (χ3n) is 15.9. The van der Waals surface area contributed by atoms with Crippen molar-refractivity contribution in [3.63, 3.8) is 0 Å². The molecule has 266 valence electrons. The molecule has 4 N–H and O–H groups in total. The van der Waals surface area contributed by atoms with Crippen LogP contribution in [0.25, 0.3) is 0 Å². The van der Waals surface area contributed by atoms with Gasteiger partial charge in [-0.1, -0.05) is 80.9 Å². The maximum Gasteiger partial charge on any atom is 0.307 e. The molecule has 1 heterocycles. The van der Waals surface area contributed by atoms with E-state index in [1.165, 1.54) is 5.57 Å². The molecule has 0 unspecified atom stereocenters. The topological polar surface area (TPSA) is 111 Å². The molecule has 0 bridgehead atoms. The number of allylic oxidation sites excluding steroid dienone is 1. The summed E-state index contributed by atoms with van der Waals surface area (Å²) < 4.78 is 9.01. The van der Waals surface area contributed by atoms with Gasteiger partial charge in [0.15, 0.2) is 0 Å². The standard InChI is InChI=1S/C40H67N3O4/c1-24(2)26(5)36(9)18-19-37(10)28-14-15-31-35(7,8)33(47-23-39(12,41)25(3)4)30(43-21-13-20-42-43)22-40(31,27(6)44)29(28)16-17-38(37,11)32(36)34(45)46/h13,16,20-21,24-28,30-33,44H,14-15,17-19,22-23,41H2,1-12H3,(H,45,46)/t26-,27+,28+,30-,31+,32-,33+,36-,37-,38+,39+,40+/m1/s1. The van der Waals surface area contributed by atoms with E-state index < -0.39 is 34.4 Å². The van der Waals surface area contributed by atoms with E-state index >= 15 is 0 Å². The predicted octanol–water partition coefficient (Wildman–Crippen LogP) is 8.14. The zero-order chi connectivity index (χ0) is 35.1. The third-order valence-corrected chi connectivity index (χ3v) is 15.9. The molecule has 4 aliphatic rings. The molecule has 0 spiro atoms. The highest BCUT2D eigenvalue weighted by Gasteiger charge is 2.71. The second-order valence-corrected chi connectivity index (χ2v) is 18.9. The van der Waals surface area contributed by atoms with Gasteiger partial charge in [-0.15, -0.1) is 0 Å². The van der Waals surface area contributed by atoms with Crippen LogP contribution in [0.1, 0.15) is 128 Å². The van der Waals surface area contributed by atoms with Crippen LogP contribution in [0.2, 0.25) is 0 Å². The van der Waals surface area contributed by atoms with E-state index in [1.807, 2.05) is 25.4 Å². The summed E-state index contributed by atoms with van der Waals surface area (Å²) in [4.78, 5) is 13.4. The van der Waals surface area contributed by atoms with Gasteiger partial charge < -0.3 is 20.7 Å². The predicted molar refractivity (Wildman–Crippen MR) is 189 cm³/mol. The summed E-state index contributed by atoms with van der Waals surface area (Å²) in [6, 6.07) is 1.90. The fourth-order valence-corrected chi connectivity index (χ4v) is 12.0. The van der Waals surface area contributed by atoms with Gasteiger partial charge in [0.05, 0.1) is 30.8 Å². The van der Waals surface area contributed by atoms with E-state index in [0.29, 0.717) is 18.4 Å². The number of rotatable bonds is 9. The van der Waals surface area contributed by atoms with Crippen molar-refractivity contribution in [1.82, 2.24) is 9.78 Å². The first-order valence-electron chi connectivity index (χ1n) is 18.6. The zero-order valence-electron chi connectivity index (χ0n) is 31.6. The van der Waals surface area contributed by atoms with Crippen LogP contribution in [0.4, 0.5) is 0 Å². The first-order valence-corrected chi connectivity index (χ1v) is 18.6. The van der Waals surface area contributed by atoms with Crippen LogP contribution in [-0.4, -0.2) is 50.3 Å². The summed E-state index contributed by atoms with van der Waals surface area (Å²) in [5, 5.41) is 27.9. The molecule has 5 rings (SSSR count). The van der Waals surface area contributed by atoms with Crippen LogP contribution in [-0.2, 0) is 9.53 Å². The van der Waals surface area contributed by atoms with Gasteiger partial charge in [-0.3, -0.25) is 9.48 Å². The second-order valence-electron chi connectivity index (χ2n) is 18.9. The van der Waals surface area contributed by atoms with Crippen molar-refractivity contribution in [1.29, 1.82) is 0 Å². The van der Waals surface area contributed by atoms with Gasteiger partial charge in [-0.2, -0.15) is 5.10 Å². The van der Waals surface area contributed by atoms with Crippen molar-refractivity contribution in [2.75, 3.05) is 6.61 Å². The number of carboxylic acid groups (broad SMARTS) is 1. The Morgan fingerprint density at radius 1 is 1.09 bits per heavy atom. The molecule has 0 radical (unpaired) electrons.